The van der Waals surface area contributed by atoms with Crippen molar-refractivity contribution in [3.63, 3.8) is 0 Å². The zero-order valence-electron chi connectivity index (χ0n) is 12.0. The summed E-state index contributed by atoms with van der Waals surface area (Å²) in [5.41, 5.74) is 0. The van der Waals surface area contributed by atoms with Gasteiger partial charge in [-0.25, -0.2) is 0 Å². The summed E-state index contributed by atoms with van der Waals surface area (Å²) in [6.07, 6.45) is 2.14. The number of amides is 1. The molecule has 0 bridgehead atoms. The summed E-state index contributed by atoms with van der Waals surface area (Å²) in [4.78, 5) is 16.4. The van der Waals surface area contributed by atoms with Crippen molar-refractivity contribution in [3.05, 3.63) is 0 Å². The Hall–Kier alpha value is -0.650. The lowest BCUT2D eigenvalue weighted by Crippen LogP contribution is -2.44. The monoisotopic (exact) mass is 270 g/mol. The number of likely N-dealkylation sites (tertiary alicyclic amines) is 1. The van der Waals surface area contributed by atoms with Gasteiger partial charge in [0.2, 0.25) is 5.91 Å². The van der Waals surface area contributed by atoms with Crippen molar-refractivity contribution >= 4 is 5.91 Å². The van der Waals surface area contributed by atoms with Crippen LogP contribution in [-0.4, -0.2) is 74.9 Å². The van der Waals surface area contributed by atoms with Gasteiger partial charge in [0.05, 0.1) is 26.4 Å². The number of morpholine rings is 1. The highest BCUT2D eigenvalue weighted by Crippen LogP contribution is 2.17. The van der Waals surface area contributed by atoms with Crippen LogP contribution in [0.5, 0.6) is 0 Å². The lowest BCUT2D eigenvalue weighted by atomic mass is 10.1. The molecule has 0 N–H and O–H groups in total. The van der Waals surface area contributed by atoms with Crippen molar-refractivity contribution in [1.82, 2.24) is 9.80 Å². The highest BCUT2D eigenvalue weighted by molar-refractivity contribution is 5.78. The van der Waals surface area contributed by atoms with Gasteiger partial charge in [0.15, 0.2) is 0 Å². The predicted octanol–water partition coefficient (Wildman–Crippen LogP) is 0.594. The van der Waals surface area contributed by atoms with E-state index in [1.165, 1.54) is 0 Å². The van der Waals surface area contributed by atoms with Crippen molar-refractivity contribution in [3.8, 4) is 0 Å². The molecular formula is C14H26N2O3. The van der Waals surface area contributed by atoms with Crippen molar-refractivity contribution in [2.45, 2.75) is 19.8 Å². The third-order valence-electron chi connectivity index (χ3n) is 3.80. The molecule has 0 aliphatic carbocycles. The summed E-state index contributed by atoms with van der Waals surface area (Å²) in [6, 6.07) is 0. The molecule has 110 valence electrons. The second-order valence-electron chi connectivity index (χ2n) is 5.46. The summed E-state index contributed by atoms with van der Waals surface area (Å²) in [5.74, 6) is 0.792. The molecule has 19 heavy (non-hydrogen) atoms. The minimum atomic E-state index is 0.264. The normalized spacial score (nSPS) is 24.9. The number of hydrogen-bond acceptors (Lipinski definition) is 4. The largest absolute Gasteiger partial charge is 0.381 e. The minimum Gasteiger partial charge on any atom is -0.381 e. The molecule has 2 saturated heterocycles. The molecule has 2 heterocycles. The number of ether oxygens (including phenoxy) is 2. The second-order valence-corrected chi connectivity index (χ2v) is 5.46. The standard InChI is InChI=1S/C14H26N2O3/c1-2-7-19-12-13-3-4-16(10-13)14(17)11-15-5-8-18-9-6-15/h13H,2-12H2,1H3. The number of carbonyl (C=O) groups excluding carboxylic acids is 1. The van der Waals surface area contributed by atoms with Crippen LogP contribution in [0.1, 0.15) is 19.8 Å². The zero-order valence-corrected chi connectivity index (χ0v) is 12.0. The highest BCUT2D eigenvalue weighted by Gasteiger charge is 2.27. The molecule has 0 saturated carbocycles. The second kappa shape index (κ2) is 7.82. The summed E-state index contributed by atoms with van der Waals surface area (Å²) in [5, 5.41) is 0. The lowest BCUT2D eigenvalue weighted by molar-refractivity contribution is -0.132. The summed E-state index contributed by atoms with van der Waals surface area (Å²) < 4.78 is 10.9. The van der Waals surface area contributed by atoms with Crippen LogP contribution in [0.2, 0.25) is 0 Å². The molecule has 2 rings (SSSR count). The Labute approximate surface area is 115 Å². The minimum absolute atomic E-state index is 0.264. The Morgan fingerprint density at radius 3 is 2.84 bits per heavy atom. The van der Waals surface area contributed by atoms with Crippen molar-refractivity contribution in [2.24, 2.45) is 5.92 Å². The number of carbonyl (C=O) groups is 1. The van der Waals surface area contributed by atoms with Crippen LogP contribution in [0.3, 0.4) is 0 Å². The average molecular weight is 270 g/mol. The summed E-state index contributed by atoms with van der Waals surface area (Å²) in [7, 11) is 0. The van der Waals surface area contributed by atoms with E-state index in [1.54, 1.807) is 0 Å². The van der Waals surface area contributed by atoms with Gasteiger partial charge in [0.1, 0.15) is 0 Å². The first-order chi connectivity index (χ1) is 9.29. The van der Waals surface area contributed by atoms with E-state index in [-0.39, 0.29) is 5.91 Å². The fraction of sp³-hybridized carbons (Fsp3) is 0.929. The smallest absolute Gasteiger partial charge is 0.236 e. The first kappa shape index (κ1) is 14.8. The Balaban J connectivity index is 1.66. The third kappa shape index (κ3) is 4.75. The molecule has 1 unspecified atom stereocenters. The fourth-order valence-electron chi connectivity index (χ4n) is 2.64. The maximum absolute atomic E-state index is 12.2. The van der Waals surface area contributed by atoms with Gasteiger partial charge in [0.25, 0.3) is 0 Å². The third-order valence-corrected chi connectivity index (χ3v) is 3.80. The molecule has 0 radical (unpaired) electrons. The predicted molar refractivity (Wildman–Crippen MR) is 73.1 cm³/mol. The van der Waals surface area contributed by atoms with Crippen molar-refractivity contribution in [2.75, 3.05) is 59.2 Å². The van der Waals surface area contributed by atoms with Gasteiger partial charge in [-0.3, -0.25) is 9.69 Å². The quantitative estimate of drug-likeness (QED) is 0.663. The molecular weight excluding hydrogens is 244 g/mol. The lowest BCUT2D eigenvalue weighted by Gasteiger charge is -2.28. The van der Waals surface area contributed by atoms with Crippen LogP contribution in [0.4, 0.5) is 0 Å². The molecule has 2 fully saturated rings. The molecule has 5 nitrogen and oxygen atoms in total. The molecule has 2 aliphatic rings. The molecule has 0 aromatic heterocycles. The fourth-order valence-corrected chi connectivity index (χ4v) is 2.64. The molecule has 1 atom stereocenters. The maximum Gasteiger partial charge on any atom is 0.236 e. The van der Waals surface area contributed by atoms with Crippen molar-refractivity contribution in [1.29, 1.82) is 0 Å². The van der Waals surface area contributed by atoms with Crippen LogP contribution >= 0.6 is 0 Å². The van der Waals surface area contributed by atoms with Gasteiger partial charge in [-0.05, 0) is 12.8 Å². The topological polar surface area (TPSA) is 42.0 Å². The number of nitrogens with zero attached hydrogens (tertiary/aromatic N) is 2. The van der Waals surface area contributed by atoms with Crippen LogP contribution in [0.15, 0.2) is 0 Å². The Kier molecular flexibility index (Phi) is 6.07. The van der Waals surface area contributed by atoms with E-state index in [9.17, 15) is 4.79 Å². The van der Waals surface area contributed by atoms with Crippen LogP contribution in [0, 0.1) is 5.92 Å². The zero-order chi connectivity index (χ0) is 13.5. The average Bonchev–Trinajstić information content (AvgIpc) is 2.89. The molecule has 2 aliphatic heterocycles. The van der Waals surface area contributed by atoms with E-state index in [2.05, 4.69) is 11.8 Å². The van der Waals surface area contributed by atoms with Crippen molar-refractivity contribution < 1.29 is 14.3 Å². The molecule has 0 aromatic carbocycles. The Bertz CT molecular complexity index is 280. The molecule has 5 heteroatoms. The van der Waals surface area contributed by atoms with E-state index in [0.29, 0.717) is 12.5 Å². The van der Waals surface area contributed by atoms with Crippen LogP contribution < -0.4 is 0 Å². The SMILES string of the molecule is CCCOCC1CCN(C(=O)CN2CCOCC2)C1. The number of hydrogen-bond donors (Lipinski definition) is 0. The maximum atomic E-state index is 12.2. The summed E-state index contributed by atoms with van der Waals surface area (Å²) >= 11 is 0. The van der Waals surface area contributed by atoms with Gasteiger partial charge >= 0.3 is 0 Å². The molecule has 0 aromatic rings. The first-order valence-corrected chi connectivity index (χ1v) is 7.45. The van der Waals surface area contributed by atoms with Gasteiger partial charge in [-0.2, -0.15) is 0 Å². The van der Waals surface area contributed by atoms with Gasteiger partial charge in [0, 0.05) is 38.7 Å². The Morgan fingerprint density at radius 1 is 1.32 bits per heavy atom. The van der Waals surface area contributed by atoms with Gasteiger partial charge in [-0.15, -0.1) is 0 Å². The highest BCUT2D eigenvalue weighted by atomic mass is 16.5. The van der Waals surface area contributed by atoms with Gasteiger partial charge in [-0.1, -0.05) is 6.92 Å². The molecule has 0 spiro atoms. The van der Waals surface area contributed by atoms with Crippen LogP contribution in [-0.2, 0) is 14.3 Å². The van der Waals surface area contributed by atoms with E-state index < -0.39 is 0 Å². The van der Waals surface area contributed by atoms with Gasteiger partial charge < -0.3 is 14.4 Å². The summed E-state index contributed by atoms with van der Waals surface area (Å²) in [6.45, 7) is 9.31. The molecule has 1 amide bonds. The van der Waals surface area contributed by atoms with E-state index in [0.717, 1.165) is 65.4 Å². The first-order valence-electron chi connectivity index (χ1n) is 7.45. The van der Waals surface area contributed by atoms with E-state index in [1.807, 2.05) is 4.90 Å². The van der Waals surface area contributed by atoms with E-state index in [4.69, 9.17) is 9.47 Å². The van der Waals surface area contributed by atoms with Crippen LogP contribution in [0.25, 0.3) is 0 Å². The Morgan fingerprint density at radius 2 is 2.11 bits per heavy atom. The number of rotatable bonds is 6. The van der Waals surface area contributed by atoms with E-state index >= 15 is 0 Å².